The lowest BCUT2D eigenvalue weighted by atomic mass is 9.80. The standard InChI is InChI=1S/C14H21NO2S/c1-10-7-9-18-14(10)15-13(17)12-4-2-11(3-5-12)6-8-16/h7,9,11-12,16H,2-6,8H2,1H3,(H,15,17). The fraction of sp³-hybridized carbons (Fsp3) is 0.643. The summed E-state index contributed by atoms with van der Waals surface area (Å²) in [5, 5.41) is 14.9. The first-order chi connectivity index (χ1) is 8.70. The summed E-state index contributed by atoms with van der Waals surface area (Å²) in [7, 11) is 0. The van der Waals surface area contributed by atoms with Crippen molar-refractivity contribution in [3.05, 3.63) is 17.0 Å². The Morgan fingerprint density at radius 3 is 2.72 bits per heavy atom. The van der Waals surface area contributed by atoms with Crippen LogP contribution in [0.2, 0.25) is 0 Å². The molecule has 1 aromatic heterocycles. The number of aryl methyl sites for hydroxylation is 1. The Kier molecular flexibility index (Phi) is 4.78. The second kappa shape index (κ2) is 6.34. The number of hydrogen-bond acceptors (Lipinski definition) is 3. The molecule has 0 aliphatic heterocycles. The highest BCUT2D eigenvalue weighted by molar-refractivity contribution is 7.14. The lowest BCUT2D eigenvalue weighted by molar-refractivity contribution is -0.121. The molecule has 0 saturated heterocycles. The van der Waals surface area contributed by atoms with E-state index in [2.05, 4.69) is 5.32 Å². The maximum absolute atomic E-state index is 12.1. The van der Waals surface area contributed by atoms with Crippen LogP contribution in [0.3, 0.4) is 0 Å². The number of carbonyl (C=O) groups is 1. The molecule has 1 aromatic rings. The van der Waals surface area contributed by atoms with Gasteiger partial charge >= 0.3 is 0 Å². The van der Waals surface area contributed by atoms with Gasteiger partial charge in [-0.1, -0.05) is 0 Å². The molecule has 1 saturated carbocycles. The van der Waals surface area contributed by atoms with Crippen LogP contribution in [0.5, 0.6) is 0 Å². The Balaban J connectivity index is 1.83. The van der Waals surface area contributed by atoms with Crippen molar-refractivity contribution in [1.82, 2.24) is 0 Å². The lowest BCUT2D eigenvalue weighted by Crippen LogP contribution is -2.27. The summed E-state index contributed by atoms with van der Waals surface area (Å²) >= 11 is 1.59. The molecule has 0 spiro atoms. The first kappa shape index (κ1) is 13.6. The highest BCUT2D eigenvalue weighted by Gasteiger charge is 2.26. The quantitative estimate of drug-likeness (QED) is 0.880. The summed E-state index contributed by atoms with van der Waals surface area (Å²) in [6, 6.07) is 2.03. The van der Waals surface area contributed by atoms with E-state index in [-0.39, 0.29) is 18.4 Å². The van der Waals surface area contributed by atoms with E-state index in [0.29, 0.717) is 5.92 Å². The fourth-order valence-corrected chi connectivity index (χ4v) is 3.43. The third kappa shape index (κ3) is 3.33. The number of aliphatic hydroxyl groups is 1. The first-order valence-corrected chi connectivity index (χ1v) is 7.54. The molecule has 1 aliphatic rings. The molecule has 3 nitrogen and oxygen atoms in total. The number of carbonyl (C=O) groups excluding carboxylic acids is 1. The van der Waals surface area contributed by atoms with E-state index >= 15 is 0 Å². The monoisotopic (exact) mass is 267 g/mol. The second-order valence-corrected chi connectivity index (χ2v) is 6.07. The van der Waals surface area contributed by atoms with Crippen LogP contribution in [0.25, 0.3) is 0 Å². The zero-order valence-electron chi connectivity index (χ0n) is 10.8. The van der Waals surface area contributed by atoms with Crippen molar-refractivity contribution in [2.24, 2.45) is 11.8 Å². The first-order valence-electron chi connectivity index (χ1n) is 6.66. The number of nitrogens with one attached hydrogen (secondary N) is 1. The third-order valence-electron chi connectivity index (χ3n) is 3.85. The van der Waals surface area contributed by atoms with Crippen LogP contribution >= 0.6 is 11.3 Å². The maximum Gasteiger partial charge on any atom is 0.228 e. The molecule has 0 bridgehead atoms. The van der Waals surface area contributed by atoms with Crippen LogP contribution in [0.1, 0.15) is 37.7 Å². The minimum absolute atomic E-state index is 0.154. The van der Waals surface area contributed by atoms with E-state index < -0.39 is 0 Å². The summed E-state index contributed by atoms with van der Waals surface area (Å²) in [5.74, 6) is 0.937. The smallest absolute Gasteiger partial charge is 0.228 e. The second-order valence-electron chi connectivity index (χ2n) is 5.15. The van der Waals surface area contributed by atoms with Crippen molar-refractivity contribution in [2.75, 3.05) is 11.9 Å². The normalized spacial score (nSPS) is 23.9. The van der Waals surface area contributed by atoms with Gasteiger partial charge in [0.15, 0.2) is 0 Å². The number of amides is 1. The molecule has 2 rings (SSSR count). The molecule has 0 atom stereocenters. The Morgan fingerprint density at radius 1 is 1.44 bits per heavy atom. The Morgan fingerprint density at radius 2 is 2.17 bits per heavy atom. The van der Waals surface area contributed by atoms with Gasteiger partial charge in [-0.05, 0) is 62.0 Å². The van der Waals surface area contributed by atoms with Gasteiger partial charge in [-0.3, -0.25) is 4.79 Å². The average molecular weight is 267 g/mol. The Hall–Kier alpha value is -0.870. The van der Waals surface area contributed by atoms with Crippen LogP contribution in [-0.2, 0) is 4.79 Å². The van der Waals surface area contributed by atoms with Gasteiger partial charge in [0.25, 0.3) is 0 Å². The molecule has 0 aromatic carbocycles. The molecule has 2 N–H and O–H groups in total. The zero-order valence-corrected chi connectivity index (χ0v) is 11.6. The van der Waals surface area contributed by atoms with Gasteiger partial charge in [0.05, 0.1) is 5.00 Å². The predicted molar refractivity (Wildman–Crippen MR) is 74.8 cm³/mol. The summed E-state index contributed by atoms with van der Waals surface area (Å²) in [4.78, 5) is 12.1. The fourth-order valence-electron chi connectivity index (χ4n) is 2.61. The van der Waals surface area contributed by atoms with Gasteiger partial charge in [-0.25, -0.2) is 0 Å². The van der Waals surface area contributed by atoms with E-state index in [1.165, 1.54) is 0 Å². The Bertz CT molecular complexity index is 394. The largest absolute Gasteiger partial charge is 0.396 e. The molecule has 0 unspecified atom stereocenters. The van der Waals surface area contributed by atoms with Crippen molar-refractivity contribution in [3.8, 4) is 0 Å². The molecule has 100 valence electrons. The SMILES string of the molecule is Cc1ccsc1NC(=O)C1CCC(CCO)CC1. The minimum atomic E-state index is 0.154. The molecule has 1 amide bonds. The zero-order chi connectivity index (χ0) is 13.0. The topological polar surface area (TPSA) is 49.3 Å². The van der Waals surface area contributed by atoms with Crippen LogP contribution < -0.4 is 5.32 Å². The van der Waals surface area contributed by atoms with Gasteiger partial charge in [0.2, 0.25) is 5.91 Å². The van der Waals surface area contributed by atoms with E-state index in [9.17, 15) is 4.79 Å². The molecule has 4 heteroatoms. The van der Waals surface area contributed by atoms with Crippen molar-refractivity contribution in [1.29, 1.82) is 0 Å². The summed E-state index contributed by atoms with van der Waals surface area (Å²) in [6.45, 7) is 2.29. The molecule has 0 radical (unpaired) electrons. The molecule has 1 fully saturated rings. The van der Waals surface area contributed by atoms with Gasteiger partial charge in [0.1, 0.15) is 0 Å². The molecular formula is C14H21NO2S. The molecule has 1 aliphatic carbocycles. The van der Waals surface area contributed by atoms with Crippen molar-refractivity contribution in [2.45, 2.75) is 39.0 Å². The Labute approximate surface area is 112 Å². The van der Waals surface area contributed by atoms with Crippen LogP contribution in [0, 0.1) is 18.8 Å². The average Bonchev–Trinajstić information content (AvgIpc) is 2.76. The van der Waals surface area contributed by atoms with E-state index in [4.69, 9.17) is 5.11 Å². The third-order valence-corrected chi connectivity index (χ3v) is 4.79. The van der Waals surface area contributed by atoms with E-state index in [1.54, 1.807) is 11.3 Å². The highest BCUT2D eigenvalue weighted by atomic mass is 32.1. The van der Waals surface area contributed by atoms with E-state index in [0.717, 1.165) is 42.7 Å². The number of rotatable bonds is 4. The number of thiophene rings is 1. The number of hydrogen-bond donors (Lipinski definition) is 2. The van der Waals surface area contributed by atoms with Gasteiger partial charge in [-0.15, -0.1) is 11.3 Å². The van der Waals surface area contributed by atoms with Crippen molar-refractivity contribution >= 4 is 22.2 Å². The lowest BCUT2D eigenvalue weighted by Gasteiger charge is -2.27. The summed E-state index contributed by atoms with van der Waals surface area (Å²) in [5.41, 5.74) is 1.14. The molecule has 18 heavy (non-hydrogen) atoms. The van der Waals surface area contributed by atoms with Crippen molar-refractivity contribution < 1.29 is 9.90 Å². The predicted octanol–water partition coefficient (Wildman–Crippen LogP) is 3.18. The molecule has 1 heterocycles. The minimum Gasteiger partial charge on any atom is -0.396 e. The van der Waals surface area contributed by atoms with Crippen LogP contribution in [-0.4, -0.2) is 17.6 Å². The van der Waals surface area contributed by atoms with Gasteiger partial charge in [-0.2, -0.15) is 0 Å². The van der Waals surface area contributed by atoms with Gasteiger partial charge in [0, 0.05) is 12.5 Å². The number of aliphatic hydroxyl groups excluding tert-OH is 1. The molecular weight excluding hydrogens is 246 g/mol. The van der Waals surface area contributed by atoms with Crippen molar-refractivity contribution in [3.63, 3.8) is 0 Å². The summed E-state index contributed by atoms with van der Waals surface area (Å²) < 4.78 is 0. The summed E-state index contributed by atoms with van der Waals surface area (Å²) in [6.07, 6.45) is 4.95. The number of anilines is 1. The van der Waals surface area contributed by atoms with E-state index in [1.807, 2.05) is 18.4 Å². The maximum atomic E-state index is 12.1. The van der Waals surface area contributed by atoms with Crippen LogP contribution in [0.15, 0.2) is 11.4 Å². The highest BCUT2D eigenvalue weighted by Crippen LogP contribution is 2.32. The van der Waals surface area contributed by atoms with Gasteiger partial charge < -0.3 is 10.4 Å². The van der Waals surface area contributed by atoms with Crippen LogP contribution in [0.4, 0.5) is 5.00 Å².